The van der Waals surface area contributed by atoms with Crippen molar-refractivity contribution in [1.29, 1.82) is 0 Å². The molecule has 7 nitrogen and oxygen atoms in total. The number of aryl methyl sites for hydroxylation is 2. The molecule has 4 aromatic rings. The normalized spacial score (nSPS) is 17.1. The van der Waals surface area contributed by atoms with E-state index < -0.39 is 12.0 Å². The van der Waals surface area contributed by atoms with Crippen molar-refractivity contribution in [3.63, 3.8) is 0 Å². The number of likely N-dealkylation sites (N-methyl/N-ethyl adjacent to an activating group) is 1. The number of para-hydroxylation sites is 1. The van der Waals surface area contributed by atoms with Crippen LogP contribution in [0.2, 0.25) is 0 Å². The predicted octanol–water partition coefficient (Wildman–Crippen LogP) is 4.32. The average molecular weight is 484 g/mol. The van der Waals surface area contributed by atoms with E-state index >= 15 is 0 Å². The summed E-state index contributed by atoms with van der Waals surface area (Å²) in [7, 11) is 0. The van der Waals surface area contributed by atoms with E-state index in [0.29, 0.717) is 29.2 Å². The van der Waals surface area contributed by atoms with E-state index in [1.54, 1.807) is 47.0 Å². The van der Waals surface area contributed by atoms with Crippen molar-refractivity contribution in [2.24, 2.45) is 0 Å². The minimum atomic E-state index is -0.906. The number of carbonyl (C=O) groups excluding carboxylic acids is 2. The number of amides is 2. The van der Waals surface area contributed by atoms with Crippen LogP contribution in [0.15, 0.2) is 72.9 Å². The first-order chi connectivity index (χ1) is 17.4. The maximum Gasteiger partial charge on any atom is 0.252 e. The van der Waals surface area contributed by atoms with Crippen molar-refractivity contribution in [3.05, 3.63) is 107 Å². The summed E-state index contributed by atoms with van der Waals surface area (Å²) >= 11 is 0. The SMILES string of the molecule is CCN1C(=O)C(NC(=O)c2ccnc(C)c2)C(c2ccc(F)cc2)c2c(C)nn(-c3ccccc3)c21. The van der Waals surface area contributed by atoms with Crippen LogP contribution in [0.4, 0.5) is 10.2 Å². The molecule has 182 valence electrons. The van der Waals surface area contributed by atoms with Crippen molar-refractivity contribution in [2.45, 2.75) is 32.7 Å². The zero-order chi connectivity index (χ0) is 25.4. The van der Waals surface area contributed by atoms with Gasteiger partial charge in [0.05, 0.1) is 11.4 Å². The maximum atomic E-state index is 14.0. The van der Waals surface area contributed by atoms with Crippen LogP contribution in [0.25, 0.3) is 5.69 Å². The number of fused-ring (bicyclic) bond motifs is 1. The Kier molecular flexibility index (Phi) is 6.10. The van der Waals surface area contributed by atoms with Crippen LogP contribution < -0.4 is 10.2 Å². The van der Waals surface area contributed by atoms with Crippen molar-refractivity contribution in [3.8, 4) is 5.69 Å². The third kappa shape index (κ3) is 4.04. The van der Waals surface area contributed by atoms with Gasteiger partial charge < -0.3 is 5.32 Å². The van der Waals surface area contributed by atoms with Gasteiger partial charge in [-0.15, -0.1) is 0 Å². The zero-order valence-electron chi connectivity index (χ0n) is 20.3. The van der Waals surface area contributed by atoms with Gasteiger partial charge in [0.1, 0.15) is 17.7 Å². The molecule has 0 fully saturated rings. The Morgan fingerprint density at radius 3 is 2.44 bits per heavy atom. The highest BCUT2D eigenvalue weighted by atomic mass is 19.1. The molecular weight excluding hydrogens is 457 g/mol. The van der Waals surface area contributed by atoms with Gasteiger partial charge in [-0.2, -0.15) is 5.10 Å². The number of carbonyl (C=O) groups is 2. The number of nitrogens with one attached hydrogen (secondary N) is 1. The summed E-state index contributed by atoms with van der Waals surface area (Å²) in [5.74, 6) is -0.902. The van der Waals surface area contributed by atoms with E-state index in [9.17, 15) is 14.0 Å². The van der Waals surface area contributed by atoms with Crippen LogP contribution in [0.3, 0.4) is 0 Å². The van der Waals surface area contributed by atoms with Gasteiger partial charge in [0.2, 0.25) is 0 Å². The highest BCUT2D eigenvalue weighted by Gasteiger charge is 2.45. The molecule has 0 radical (unpaired) electrons. The van der Waals surface area contributed by atoms with E-state index in [1.807, 2.05) is 44.2 Å². The first-order valence-corrected chi connectivity index (χ1v) is 11.8. The molecule has 1 N–H and O–H groups in total. The fourth-order valence-corrected chi connectivity index (χ4v) is 4.87. The van der Waals surface area contributed by atoms with Crippen LogP contribution in [0, 0.1) is 19.7 Å². The molecule has 0 aliphatic carbocycles. The molecule has 3 heterocycles. The standard InChI is InChI=1S/C28H26FN5O2/c1-4-33-27-23(18(3)32-34(27)22-8-6-5-7-9-22)24(19-10-12-21(29)13-11-19)25(28(33)36)31-26(35)20-14-15-30-17(2)16-20/h5-16,24-25H,4H2,1-3H3,(H,31,35). The zero-order valence-corrected chi connectivity index (χ0v) is 20.3. The Bertz CT molecular complexity index is 1430. The summed E-state index contributed by atoms with van der Waals surface area (Å²) in [4.78, 5) is 33.1. The second kappa shape index (κ2) is 9.37. The highest BCUT2D eigenvalue weighted by Crippen LogP contribution is 2.43. The molecule has 2 amide bonds. The Balaban J connectivity index is 1.68. The van der Waals surface area contributed by atoms with Crippen molar-refractivity contribution in [2.75, 3.05) is 11.4 Å². The smallest absolute Gasteiger partial charge is 0.252 e. The third-order valence-corrected chi connectivity index (χ3v) is 6.50. The number of nitrogens with zero attached hydrogens (tertiary/aromatic N) is 4. The molecule has 36 heavy (non-hydrogen) atoms. The molecule has 0 spiro atoms. The fraction of sp³-hybridized carbons (Fsp3) is 0.214. The van der Waals surface area contributed by atoms with Gasteiger partial charge in [0.15, 0.2) is 0 Å². The Labute approximate surface area is 208 Å². The van der Waals surface area contributed by atoms with E-state index in [2.05, 4.69) is 10.3 Å². The van der Waals surface area contributed by atoms with E-state index in [4.69, 9.17) is 5.10 Å². The number of halogens is 1. The molecule has 8 heteroatoms. The summed E-state index contributed by atoms with van der Waals surface area (Å²) in [5.41, 5.74) is 4.20. The van der Waals surface area contributed by atoms with Crippen molar-refractivity contribution in [1.82, 2.24) is 20.1 Å². The second-order valence-corrected chi connectivity index (χ2v) is 8.82. The van der Waals surface area contributed by atoms with E-state index in [-0.39, 0.29) is 17.6 Å². The van der Waals surface area contributed by atoms with Crippen LogP contribution in [-0.4, -0.2) is 39.2 Å². The van der Waals surface area contributed by atoms with Gasteiger partial charge in [-0.1, -0.05) is 30.3 Å². The lowest BCUT2D eigenvalue weighted by Gasteiger charge is -2.38. The molecule has 0 saturated carbocycles. The second-order valence-electron chi connectivity index (χ2n) is 8.82. The van der Waals surface area contributed by atoms with Crippen LogP contribution in [0.5, 0.6) is 0 Å². The van der Waals surface area contributed by atoms with Gasteiger partial charge >= 0.3 is 0 Å². The number of anilines is 1. The summed E-state index contributed by atoms with van der Waals surface area (Å²) < 4.78 is 15.6. The summed E-state index contributed by atoms with van der Waals surface area (Å²) in [6.07, 6.45) is 1.56. The largest absolute Gasteiger partial charge is 0.339 e. The molecule has 1 aliphatic rings. The van der Waals surface area contributed by atoms with Crippen LogP contribution in [0.1, 0.15) is 45.7 Å². The van der Waals surface area contributed by atoms with Crippen molar-refractivity contribution < 1.29 is 14.0 Å². The Morgan fingerprint density at radius 1 is 1.06 bits per heavy atom. The van der Waals surface area contributed by atoms with E-state index in [0.717, 1.165) is 16.9 Å². The molecule has 2 atom stereocenters. The number of rotatable bonds is 5. The molecule has 5 rings (SSSR count). The molecule has 0 saturated heterocycles. The first-order valence-electron chi connectivity index (χ1n) is 11.8. The Morgan fingerprint density at radius 2 is 1.78 bits per heavy atom. The minimum Gasteiger partial charge on any atom is -0.339 e. The number of pyridine rings is 1. The van der Waals surface area contributed by atoms with Gasteiger partial charge in [0, 0.05) is 35.5 Å². The third-order valence-electron chi connectivity index (χ3n) is 6.50. The van der Waals surface area contributed by atoms with Crippen molar-refractivity contribution >= 4 is 17.6 Å². The average Bonchev–Trinajstić information content (AvgIpc) is 3.22. The molecular formula is C28H26FN5O2. The first kappa shape index (κ1) is 23.4. The van der Waals surface area contributed by atoms with Gasteiger partial charge in [0.25, 0.3) is 11.8 Å². The van der Waals surface area contributed by atoms with Crippen LogP contribution in [-0.2, 0) is 4.79 Å². The lowest BCUT2D eigenvalue weighted by molar-refractivity contribution is -0.121. The molecule has 1 aliphatic heterocycles. The van der Waals surface area contributed by atoms with Gasteiger partial charge in [-0.3, -0.25) is 19.5 Å². The number of hydrogen-bond donors (Lipinski definition) is 1. The highest BCUT2D eigenvalue weighted by molar-refractivity contribution is 6.05. The molecule has 2 aromatic heterocycles. The van der Waals surface area contributed by atoms with E-state index in [1.165, 1.54) is 12.1 Å². The lowest BCUT2D eigenvalue weighted by atomic mass is 9.81. The van der Waals surface area contributed by atoms with Crippen LogP contribution >= 0.6 is 0 Å². The summed E-state index contributed by atoms with van der Waals surface area (Å²) in [5, 5.41) is 7.77. The Hall–Kier alpha value is -4.33. The number of hydrogen-bond acceptors (Lipinski definition) is 4. The monoisotopic (exact) mass is 483 g/mol. The topological polar surface area (TPSA) is 80.1 Å². The number of aromatic nitrogens is 3. The minimum absolute atomic E-state index is 0.254. The fourth-order valence-electron chi connectivity index (χ4n) is 4.87. The molecule has 2 unspecified atom stereocenters. The molecule has 0 bridgehead atoms. The number of benzene rings is 2. The molecule has 2 aromatic carbocycles. The van der Waals surface area contributed by atoms with Gasteiger partial charge in [-0.25, -0.2) is 9.07 Å². The predicted molar refractivity (Wildman–Crippen MR) is 135 cm³/mol. The lowest BCUT2D eigenvalue weighted by Crippen LogP contribution is -2.55. The summed E-state index contributed by atoms with van der Waals surface area (Å²) in [6.45, 7) is 5.98. The quantitative estimate of drug-likeness (QED) is 0.459. The van der Waals surface area contributed by atoms with Gasteiger partial charge in [-0.05, 0) is 62.7 Å². The maximum absolute atomic E-state index is 14.0. The summed E-state index contributed by atoms with van der Waals surface area (Å²) in [6, 6.07) is 18.0.